The highest BCUT2D eigenvalue weighted by molar-refractivity contribution is 5.28. The smallest absolute Gasteiger partial charge is 0.329 e. The van der Waals surface area contributed by atoms with E-state index in [9.17, 15) is 19.2 Å². The Hall–Kier alpha value is -6.59. The summed E-state index contributed by atoms with van der Waals surface area (Å²) in [5, 5.41) is 11.6. The average molecular weight is 683 g/mol. The molecule has 0 amide bonds. The zero-order valence-corrected chi connectivity index (χ0v) is 27.8. The van der Waals surface area contributed by atoms with E-state index in [1.807, 2.05) is 48.5 Å². The topological polar surface area (TPSA) is 208 Å². The fourth-order valence-electron chi connectivity index (χ4n) is 4.02. The molecule has 0 unspecified atom stereocenters. The van der Waals surface area contributed by atoms with Crippen molar-refractivity contribution in [3.8, 4) is 23.8 Å². The molecule has 0 radical (unpaired) electrons. The van der Waals surface area contributed by atoms with Gasteiger partial charge in [-0.05, 0) is 53.8 Å². The van der Waals surface area contributed by atoms with Crippen molar-refractivity contribution in [2.75, 3.05) is 13.2 Å². The predicted molar refractivity (Wildman–Crippen MR) is 187 cm³/mol. The first-order valence-corrected chi connectivity index (χ1v) is 15.6. The molecule has 2 N–H and O–H groups in total. The third-order valence-corrected chi connectivity index (χ3v) is 6.43. The van der Waals surface area contributed by atoms with Gasteiger partial charge < -0.3 is 9.47 Å². The zero-order chi connectivity index (χ0) is 36.1. The second-order valence-corrected chi connectivity index (χ2v) is 10.5. The fraction of sp³-hybridized carbons (Fsp3) is 0.294. The molecule has 0 aliphatic heterocycles. The van der Waals surface area contributed by atoms with Gasteiger partial charge in [0.2, 0.25) is 0 Å². The summed E-state index contributed by atoms with van der Waals surface area (Å²) in [4.78, 5) is 51.1. The van der Waals surface area contributed by atoms with Crippen molar-refractivity contribution in [3.63, 3.8) is 0 Å². The summed E-state index contributed by atoms with van der Waals surface area (Å²) in [5.74, 6) is 3.99. The molecule has 3 aromatic heterocycles. The molecule has 50 heavy (non-hydrogen) atoms. The average Bonchev–Trinajstić information content (AvgIpc) is 3.56. The van der Waals surface area contributed by atoms with Gasteiger partial charge in [0.25, 0.3) is 11.1 Å². The first-order valence-electron chi connectivity index (χ1n) is 15.6. The van der Waals surface area contributed by atoms with Crippen molar-refractivity contribution >= 4 is 0 Å². The highest BCUT2D eigenvalue weighted by Crippen LogP contribution is 2.14. The molecule has 0 saturated carbocycles. The molecule has 0 bridgehead atoms. The van der Waals surface area contributed by atoms with Crippen LogP contribution in [0.1, 0.15) is 43.5 Å². The third-order valence-electron chi connectivity index (χ3n) is 6.43. The number of benzene rings is 2. The Kier molecular flexibility index (Phi) is 15.6. The normalized spacial score (nSPS) is 9.94. The van der Waals surface area contributed by atoms with Crippen molar-refractivity contribution in [3.05, 3.63) is 148 Å². The van der Waals surface area contributed by atoms with E-state index in [1.165, 1.54) is 33.7 Å². The lowest BCUT2D eigenvalue weighted by molar-refractivity contribution is 0.317. The minimum absolute atomic E-state index is 0.176. The Morgan fingerprint density at radius 1 is 0.800 bits per heavy atom. The van der Waals surface area contributed by atoms with Crippen molar-refractivity contribution in [2.24, 2.45) is 5.11 Å². The van der Waals surface area contributed by atoms with Gasteiger partial charge in [-0.2, -0.15) is 0 Å². The maximum Gasteiger partial charge on any atom is 0.329 e. The van der Waals surface area contributed by atoms with Crippen LogP contribution in [-0.4, -0.2) is 47.3 Å². The Bertz CT molecular complexity index is 2100. The number of H-pyrrole nitrogens is 2. The Labute approximate surface area is 286 Å². The SMILES string of the molecule is C#CCn1ccc(=O)[nH]c1=O.CCCOc1ccc(CN=[N+]=[N-])cc1.CCCOc1ccc(Cn2cc(Cn3ccc(=O)[nH]c3=O)nn2)cc1. The molecule has 3 heterocycles. The van der Waals surface area contributed by atoms with E-state index < -0.39 is 22.5 Å². The number of hydrogen-bond donors (Lipinski definition) is 2. The molecule has 0 aliphatic carbocycles. The van der Waals surface area contributed by atoms with E-state index in [4.69, 9.17) is 21.4 Å². The van der Waals surface area contributed by atoms with Crippen LogP contribution in [0.2, 0.25) is 0 Å². The van der Waals surface area contributed by atoms with E-state index in [0.29, 0.717) is 25.4 Å². The van der Waals surface area contributed by atoms with Crippen LogP contribution in [0.4, 0.5) is 0 Å². The van der Waals surface area contributed by atoms with E-state index in [2.05, 4.69) is 50.1 Å². The standard InChI is InChI=1S/C17H19N5O3.C10H13N3O.C7H6N2O2/c1-2-9-25-15-5-3-13(4-6-15)10-22-12-14(19-20-22)11-21-8-7-16(23)18-17(21)24;1-2-7-14-10-5-3-9(4-6-10)8-12-13-11;1-2-4-9-5-3-6(10)8-7(9)11/h3-8,12H,2,9-11H2,1H3,(H,18,23,24);3-6H,2,7-8H2,1H3;1,3,5H,4H2,(H,8,10,11). The molecular formula is C34H38N10O6. The molecule has 5 aromatic rings. The van der Waals surface area contributed by atoms with Crippen LogP contribution in [-0.2, 0) is 26.2 Å². The number of hydrogen-bond acceptors (Lipinski definition) is 9. The quantitative estimate of drug-likeness (QED) is 0.0811. The fourth-order valence-corrected chi connectivity index (χ4v) is 4.02. The van der Waals surface area contributed by atoms with Crippen molar-refractivity contribution < 1.29 is 9.47 Å². The van der Waals surface area contributed by atoms with E-state index in [-0.39, 0.29) is 13.1 Å². The van der Waals surface area contributed by atoms with Crippen LogP contribution in [0.3, 0.4) is 0 Å². The second kappa shape index (κ2) is 20.6. The summed E-state index contributed by atoms with van der Waals surface area (Å²) in [6.07, 6.45) is 11.5. The lowest BCUT2D eigenvalue weighted by atomic mass is 10.2. The first-order chi connectivity index (χ1) is 24.2. The summed E-state index contributed by atoms with van der Waals surface area (Å²) >= 11 is 0. The highest BCUT2D eigenvalue weighted by atomic mass is 16.5. The maximum atomic E-state index is 11.7. The minimum Gasteiger partial charge on any atom is -0.494 e. The van der Waals surface area contributed by atoms with Crippen LogP contribution in [0.25, 0.3) is 10.4 Å². The van der Waals surface area contributed by atoms with Gasteiger partial charge >= 0.3 is 11.4 Å². The number of aromatic nitrogens is 7. The molecule has 0 atom stereocenters. The molecule has 5 rings (SSSR count). The third kappa shape index (κ3) is 13.3. The summed E-state index contributed by atoms with van der Waals surface area (Å²) in [5.41, 5.74) is 9.05. The first kappa shape index (κ1) is 37.9. The molecule has 0 spiro atoms. The van der Waals surface area contributed by atoms with Crippen molar-refractivity contribution in [1.29, 1.82) is 0 Å². The van der Waals surface area contributed by atoms with Crippen LogP contribution < -0.4 is 32.0 Å². The largest absolute Gasteiger partial charge is 0.494 e. The lowest BCUT2D eigenvalue weighted by Crippen LogP contribution is -2.28. The summed E-state index contributed by atoms with van der Waals surface area (Å²) < 4.78 is 15.3. The monoisotopic (exact) mass is 682 g/mol. The Balaban J connectivity index is 0.000000228. The van der Waals surface area contributed by atoms with Gasteiger partial charge in [-0.15, -0.1) is 11.5 Å². The van der Waals surface area contributed by atoms with E-state index >= 15 is 0 Å². The van der Waals surface area contributed by atoms with Crippen LogP contribution in [0, 0.1) is 12.3 Å². The molecule has 0 fully saturated rings. The van der Waals surface area contributed by atoms with Gasteiger partial charge in [-0.1, -0.05) is 54.4 Å². The molecule has 2 aromatic carbocycles. The van der Waals surface area contributed by atoms with Gasteiger partial charge in [0.05, 0.1) is 45.6 Å². The number of rotatable bonds is 13. The number of nitrogens with one attached hydrogen (secondary N) is 2. The molecule has 0 aliphatic rings. The Morgan fingerprint density at radius 3 is 1.84 bits per heavy atom. The lowest BCUT2D eigenvalue weighted by Gasteiger charge is -2.06. The summed E-state index contributed by atoms with van der Waals surface area (Å²) in [6, 6.07) is 18.0. The molecule has 16 heteroatoms. The van der Waals surface area contributed by atoms with Crippen LogP contribution in [0.15, 0.2) is 104 Å². The number of azide groups is 1. The van der Waals surface area contributed by atoms with Gasteiger partial charge in [0.15, 0.2) is 0 Å². The zero-order valence-electron chi connectivity index (χ0n) is 27.8. The number of nitrogens with zero attached hydrogens (tertiary/aromatic N) is 8. The number of ether oxygens (including phenoxy) is 2. The van der Waals surface area contributed by atoms with E-state index in [0.717, 1.165) is 42.1 Å². The maximum absolute atomic E-state index is 11.7. The van der Waals surface area contributed by atoms with Gasteiger partial charge in [-0.25, -0.2) is 14.3 Å². The highest BCUT2D eigenvalue weighted by Gasteiger charge is 2.05. The molecule has 260 valence electrons. The molecule has 16 nitrogen and oxygen atoms in total. The molecule has 0 saturated heterocycles. The number of aromatic amines is 2. The van der Waals surface area contributed by atoms with Crippen LogP contribution >= 0.6 is 0 Å². The Morgan fingerprint density at radius 2 is 1.34 bits per heavy atom. The summed E-state index contributed by atoms with van der Waals surface area (Å²) in [7, 11) is 0. The van der Waals surface area contributed by atoms with Crippen molar-refractivity contribution in [1.82, 2.24) is 34.1 Å². The number of terminal acetylenes is 1. The summed E-state index contributed by atoms with van der Waals surface area (Å²) in [6.45, 7) is 6.96. The predicted octanol–water partition coefficient (Wildman–Crippen LogP) is 3.47. The van der Waals surface area contributed by atoms with Gasteiger partial charge in [0.1, 0.15) is 17.2 Å². The van der Waals surface area contributed by atoms with Crippen molar-refractivity contribution in [2.45, 2.75) is 52.9 Å². The minimum atomic E-state index is -0.476. The van der Waals surface area contributed by atoms with E-state index in [1.54, 1.807) is 10.9 Å². The molecular weight excluding hydrogens is 644 g/mol. The van der Waals surface area contributed by atoms with Gasteiger partial charge in [-0.3, -0.25) is 28.7 Å². The second-order valence-electron chi connectivity index (χ2n) is 10.5. The van der Waals surface area contributed by atoms with Gasteiger partial charge in [0, 0.05) is 29.4 Å². The van der Waals surface area contributed by atoms with Crippen LogP contribution in [0.5, 0.6) is 11.5 Å².